The zero-order chi connectivity index (χ0) is 27.5. The van der Waals surface area contributed by atoms with Crippen LogP contribution in [0.1, 0.15) is 63.0 Å². The summed E-state index contributed by atoms with van der Waals surface area (Å²) in [5, 5.41) is 7.47. The van der Waals surface area contributed by atoms with Crippen LogP contribution < -0.4 is 21.1 Å². The monoisotopic (exact) mass is 547 g/mol. The number of piperazine rings is 1. The standard InChI is InChI=1S/C31H42FN7O/c1-22-19-29(40)39(25-6-2-3-7-25)30-26(22)21-34-31(36-30)35-24-8-9-28(27(32)20-24)38-15-10-23(11-16-38)5-4-14-37-17-12-33-13-18-37/h8-9,19-21,23,25,33H,2-7,10-18H2,1H3,(H,34,35,36). The van der Waals surface area contributed by atoms with Gasteiger partial charge in [-0.1, -0.05) is 12.8 Å². The van der Waals surface area contributed by atoms with Crippen molar-refractivity contribution in [3.05, 3.63) is 52.2 Å². The summed E-state index contributed by atoms with van der Waals surface area (Å²) in [7, 11) is 0. The number of nitrogens with one attached hydrogen (secondary N) is 2. The zero-order valence-corrected chi connectivity index (χ0v) is 23.7. The molecule has 3 fully saturated rings. The van der Waals surface area contributed by atoms with E-state index in [9.17, 15) is 4.79 Å². The fraction of sp³-hybridized carbons (Fsp3) is 0.581. The van der Waals surface area contributed by atoms with Crippen LogP contribution in [0.4, 0.5) is 21.7 Å². The summed E-state index contributed by atoms with van der Waals surface area (Å²) < 4.78 is 17.1. The van der Waals surface area contributed by atoms with Crippen molar-refractivity contribution < 1.29 is 4.39 Å². The quantitative estimate of drug-likeness (QED) is 0.411. The van der Waals surface area contributed by atoms with Gasteiger partial charge in [0.05, 0.1) is 5.69 Å². The lowest BCUT2D eigenvalue weighted by atomic mass is 9.91. The number of hydrogen-bond donors (Lipinski definition) is 2. The van der Waals surface area contributed by atoms with E-state index in [1.54, 1.807) is 12.3 Å². The molecule has 0 atom stereocenters. The number of pyridine rings is 1. The number of halogens is 1. The zero-order valence-electron chi connectivity index (χ0n) is 23.7. The van der Waals surface area contributed by atoms with E-state index in [0.29, 0.717) is 23.0 Å². The number of rotatable bonds is 8. The number of aryl methyl sites for hydroxylation is 1. The smallest absolute Gasteiger partial charge is 0.252 e. The Morgan fingerprint density at radius 1 is 1.05 bits per heavy atom. The third-order valence-electron chi connectivity index (χ3n) is 9.14. The molecule has 3 aromatic rings. The van der Waals surface area contributed by atoms with Crippen LogP contribution in [-0.2, 0) is 0 Å². The molecule has 2 N–H and O–H groups in total. The largest absolute Gasteiger partial charge is 0.369 e. The molecular formula is C31H42FN7O. The maximum absolute atomic E-state index is 15.3. The van der Waals surface area contributed by atoms with Gasteiger partial charge < -0.3 is 20.4 Å². The summed E-state index contributed by atoms with van der Waals surface area (Å²) in [5.74, 6) is 0.873. The summed E-state index contributed by atoms with van der Waals surface area (Å²) in [6.45, 7) is 9.45. The molecule has 3 aliphatic rings. The van der Waals surface area contributed by atoms with E-state index in [0.717, 1.165) is 94.7 Å². The van der Waals surface area contributed by atoms with Gasteiger partial charge in [-0.15, -0.1) is 0 Å². The van der Waals surface area contributed by atoms with Crippen molar-refractivity contribution in [1.82, 2.24) is 24.8 Å². The molecule has 0 radical (unpaired) electrons. The topological polar surface area (TPSA) is 78.3 Å². The second kappa shape index (κ2) is 12.2. The molecule has 40 heavy (non-hydrogen) atoms. The van der Waals surface area contributed by atoms with Gasteiger partial charge in [0.1, 0.15) is 11.5 Å². The van der Waals surface area contributed by atoms with E-state index in [-0.39, 0.29) is 17.4 Å². The van der Waals surface area contributed by atoms with Crippen LogP contribution in [0, 0.1) is 18.7 Å². The highest BCUT2D eigenvalue weighted by Gasteiger charge is 2.23. The van der Waals surface area contributed by atoms with Gasteiger partial charge in [-0.25, -0.2) is 9.37 Å². The summed E-state index contributed by atoms with van der Waals surface area (Å²) in [6, 6.07) is 7.14. The van der Waals surface area contributed by atoms with Gasteiger partial charge in [-0.3, -0.25) is 9.36 Å². The molecule has 2 aromatic heterocycles. The number of hydrogen-bond acceptors (Lipinski definition) is 7. The maximum Gasteiger partial charge on any atom is 0.252 e. The normalized spacial score (nSPS) is 19.5. The van der Waals surface area contributed by atoms with Gasteiger partial charge in [-0.2, -0.15) is 4.98 Å². The molecule has 9 heteroatoms. The first-order chi connectivity index (χ1) is 19.5. The summed E-state index contributed by atoms with van der Waals surface area (Å²) in [4.78, 5) is 26.9. The fourth-order valence-corrected chi connectivity index (χ4v) is 6.82. The van der Waals surface area contributed by atoms with Crippen molar-refractivity contribution in [2.45, 2.75) is 64.3 Å². The first kappa shape index (κ1) is 27.1. The van der Waals surface area contributed by atoms with Crippen LogP contribution in [0.5, 0.6) is 0 Å². The van der Waals surface area contributed by atoms with E-state index < -0.39 is 0 Å². The van der Waals surface area contributed by atoms with E-state index in [2.05, 4.69) is 25.4 Å². The van der Waals surface area contributed by atoms with Crippen LogP contribution in [0.25, 0.3) is 11.0 Å². The van der Waals surface area contributed by atoms with Crippen LogP contribution >= 0.6 is 0 Å². The predicted octanol–water partition coefficient (Wildman–Crippen LogP) is 5.00. The van der Waals surface area contributed by atoms with E-state index in [4.69, 9.17) is 4.98 Å². The lowest BCUT2D eigenvalue weighted by Gasteiger charge is -2.34. The molecule has 0 amide bonds. The van der Waals surface area contributed by atoms with Crippen molar-refractivity contribution in [1.29, 1.82) is 0 Å². The number of anilines is 3. The van der Waals surface area contributed by atoms with Crippen LogP contribution in [-0.4, -0.2) is 65.2 Å². The molecule has 0 unspecified atom stereocenters. The van der Waals surface area contributed by atoms with Gasteiger partial charge in [0.15, 0.2) is 0 Å². The molecule has 2 saturated heterocycles. The Labute approximate surface area is 236 Å². The molecule has 1 aromatic carbocycles. The van der Waals surface area contributed by atoms with Gasteiger partial charge >= 0.3 is 0 Å². The maximum atomic E-state index is 15.3. The summed E-state index contributed by atoms with van der Waals surface area (Å²) in [5.41, 5.74) is 2.78. The SMILES string of the molecule is Cc1cc(=O)n(C2CCCC2)c2nc(Nc3ccc(N4CCC(CCCN5CCNCC5)CC4)c(F)c3)ncc12. The summed E-state index contributed by atoms with van der Waals surface area (Å²) in [6.07, 6.45) is 10.8. The highest BCUT2D eigenvalue weighted by atomic mass is 19.1. The number of aromatic nitrogens is 3. The summed E-state index contributed by atoms with van der Waals surface area (Å²) >= 11 is 0. The van der Waals surface area contributed by atoms with Crippen molar-refractivity contribution in [2.75, 3.05) is 56.0 Å². The van der Waals surface area contributed by atoms with Gasteiger partial charge in [0.2, 0.25) is 5.95 Å². The molecular weight excluding hydrogens is 505 g/mol. The Morgan fingerprint density at radius 3 is 2.58 bits per heavy atom. The fourth-order valence-electron chi connectivity index (χ4n) is 6.82. The number of fused-ring (bicyclic) bond motifs is 1. The highest BCUT2D eigenvalue weighted by Crippen LogP contribution is 2.32. The van der Waals surface area contributed by atoms with Crippen LogP contribution in [0.15, 0.2) is 35.3 Å². The minimum absolute atomic E-state index is 0.0136. The third-order valence-corrected chi connectivity index (χ3v) is 9.14. The van der Waals surface area contributed by atoms with E-state index in [1.807, 2.05) is 23.6 Å². The average molecular weight is 548 g/mol. The molecule has 1 aliphatic carbocycles. The second-order valence-corrected chi connectivity index (χ2v) is 11.9. The Bertz CT molecular complexity index is 1370. The minimum atomic E-state index is -0.235. The lowest BCUT2D eigenvalue weighted by Crippen LogP contribution is -2.43. The Morgan fingerprint density at radius 2 is 1.82 bits per heavy atom. The molecule has 4 heterocycles. The molecule has 6 rings (SSSR count). The molecule has 0 bridgehead atoms. The Kier molecular flexibility index (Phi) is 8.30. The van der Waals surface area contributed by atoms with Crippen LogP contribution in [0.3, 0.4) is 0 Å². The third kappa shape index (κ3) is 6.00. The molecule has 1 saturated carbocycles. The number of piperidine rings is 1. The minimum Gasteiger partial charge on any atom is -0.369 e. The van der Waals surface area contributed by atoms with E-state index in [1.165, 1.54) is 25.5 Å². The van der Waals surface area contributed by atoms with Crippen molar-refractivity contribution in [3.8, 4) is 0 Å². The molecule has 0 spiro atoms. The molecule has 2 aliphatic heterocycles. The lowest BCUT2D eigenvalue weighted by molar-refractivity contribution is 0.227. The Hall–Kier alpha value is -3.04. The molecule has 8 nitrogen and oxygen atoms in total. The number of nitrogens with zero attached hydrogens (tertiary/aromatic N) is 5. The molecule has 214 valence electrons. The van der Waals surface area contributed by atoms with E-state index >= 15 is 4.39 Å². The van der Waals surface area contributed by atoms with Crippen LogP contribution in [0.2, 0.25) is 0 Å². The Balaban J connectivity index is 1.09. The van der Waals surface area contributed by atoms with Gasteiger partial charge in [0.25, 0.3) is 5.56 Å². The first-order valence-corrected chi connectivity index (χ1v) is 15.2. The second-order valence-electron chi connectivity index (χ2n) is 11.9. The van der Waals surface area contributed by atoms with Crippen molar-refractivity contribution in [3.63, 3.8) is 0 Å². The first-order valence-electron chi connectivity index (χ1n) is 15.2. The van der Waals surface area contributed by atoms with Crippen molar-refractivity contribution in [2.24, 2.45) is 5.92 Å². The van der Waals surface area contributed by atoms with Gasteiger partial charge in [-0.05, 0) is 81.7 Å². The van der Waals surface area contributed by atoms with Crippen molar-refractivity contribution >= 4 is 28.4 Å². The number of benzene rings is 1. The average Bonchev–Trinajstić information content (AvgIpc) is 3.49. The van der Waals surface area contributed by atoms with Gasteiger partial charge in [0, 0.05) is 68.6 Å². The predicted molar refractivity (Wildman–Crippen MR) is 159 cm³/mol. The highest BCUT2D eigenvalue weighted by molar-refractivity contribution is 5.79.